The van der Waals surface area contributed by atoms with Crippen molar-refractivity contribution in [3.8, 4) is 39.1 Å². The number of para-hydroxylation sites is 3. The van der Waals surface area contributed by atoms with Crippen molar-refractivity contribution >= 4 is 71.2 Å². The molecule has 2 nitrogen and oxygen atoms in total. The molecule has 12 aromatic carbocycles. The summed E-state index contributed by atoms with van der Waals surface area (Å²) in [5.74, 6) is 0. The molecule has 13 aromatic rings. The minimum atomic E-state index is -0.421. The van der Waals surface area contributed by atoms with Gasteiger partial charge in [-0.05, 0) is 137 Å². The predicted molar refractivity (Wildman–Crippen MR) is 290 cm³/mol. The van der Waals surface area contributed by atoms with Crippen molar-refractivity contribution in [3.05, 3.63) is 277 Å². The maximum absolute atomic E-state index is 2.51. The van der Waals surface area contributed by atoms with E-state index in [0.717, 1.165) is 33.9 Å². The van der Waals surface area contributed by atoms with E-state index in [-0.39, 0.29) is 0 Å². The first kappa shape index (κ1) is 38.2. The first-order valence-corrected chi connectivity index (χ1v) is 24.0. The van der Waals surface area contributed by atoms with Crippen LogP contribution in [0.15, 0.2) is 255 Å². The molecule has 0 amide bonds. The number of hydrogen-bond acceptors (Lipinski definition) is 1. The Balaban J connectivity index is 1.00. The molecule has 69 heavy (non-hydrogen) atoms. The van der Waals surface area contributed by atoms with Gasteiger partial charge in [0, 0.05) is 33.4 Å². The number of nitrogens with zero attached hydrogens (tertiary/aromatic N) is 2. The summed E-state index contributed by atoms with van der Waals surface area (Å²) in [4.78, 5) is 2.51. The minimum absolute atomic E-state index is 0.421. The van der Waals surface area contributed by atoms with E-state index < -0.39 is 5.41 Å². The average Bonchev–Trinajstić information content (AvgIpc) is 4.03. The fraction of sp³-hybridized carbons (Fsp3) is 0.0149. The van der Waals surface area contributed by atoms with E-state index in [4.69, 9.17) is 0 Å². The van der Waals surface area contributed by atoms with Crippen molar-refractivity contribution in [1.29, 1.82) is 0 Å². The van der Waals surface area contributed by atoms with Gasteiger partial charge in [0.05, 0.1) is 22.1 Å². The van der Waals surface area contributed by atoms with Gasteiger partial charge in [0.15, 0.2) is 0 Å². The maximum atomic E-state index is 2.51. The molecule has 15 rings (SSSR count). The Labute approximate surface area is 400 Å². The fourth-order valence-corrected chi connectivity index (χ4v) is 12.6. The van der Waals surface area contributed by atoms with Crippen LogP contribution in [0, 0.1) is 0 Å². The van der Waals surface area contributed by atoms with Gasteiger partial charge in [0.1, 0.15) is 0 Å². The van der Waals surface area contributed by atoms with E-state index in [1.807, 2.05) is 0 Å². The minimum Gasteiger partial charge on any atom is -0.310 e. The Morgan fingerprint density at radius 3 is 1.39 bits per heavy atom. The van der Waals surface area contributed by atoms with Crippen molar-refractivity contribution in [1.82, 2.24) is 4.57 Å². The van der Waals surface area contributed by atoms with Crippen molar-refractivity contribution in [2.75, 3.05) is 4.90 Å². The number of anilines is 3. The topological polar surface area (TPSA) is 8.17 Å². The summed E-state index contributed by atoms with van der Waals surface area (Å²) in [6.07, 6.45) is 0. The Bertz CT molecular complexity index is 4190. The first-order valence-electron chi connectivity index (χ1n) is 24.0. The zero-order chi connectivity index (χ0) is 45.2. The van der Waals surface area contributed by atoms with E-state index in [0.29, 0.717) is 0 Å². The lowest BCUT2D eigenvalue weighted by atomic mass is 9.70. The monoisotopic (exact) mass is 874 g/mol. The van der Waals surface area contributed by atoms with Crippen LogP contribution in [0.5, 0.6) is 0 Å². The van der Waals surface area contributed by atoms with Crippen molar-refractivity contribution in [3.63, 3.8) is 0 Å². The average molecular weight is 875 g/mol. The molecule has 0 bridgehead atoms. The normalized spacial score (nSPS) is 13.0. The third kappa shape index (κ3) is 5.26. The second-order valence-corrected chi connectivity index (χ2v) is 18.7. The van der Waals surface area contributed by atoms with Gasteiger partial charge in [0.25, 0.3) is 0 Å². The maximum Gasteiger partial charge on any atom is 0.0725 e. The van der Waals surface area contributed by atoms with Gasteiger partial charge in [-0.15, -0.1) is 0 Å². The van der Waals surface area contributed by atoms with E-state index in [1.54, 1.807) is 0 Å². The van der Waals surface area contributed by atoms with Crippen LogP contribution >= 0.6 is 0 Å². The lowest BCUT2D eigenvalue weighted by molar-refractivity contribution is 0.794. The van der Waals surface area contributed by atoms with Crippen LogP contribution in [-0.2, 0) is 5.41 Å². The largest absolute Gasteiger partial charge is 0.310 e. The Kier molecular flexibility index (Phi) is 8.02. The SMILES string of the molecule is c1ccc(-n2c3ccccc3c3ccc(-c4ccccc4N(c4ccc5c(c4)-c4ccccc4C54c5ccccc5-c5ccccc54)c4ccc5c6ccccc6c6ccccc6c5c4)cc32)cc1. The zero-order valence-corrected chi connectivity index (χ0v) is 37.6. The van der Waals surface area contributed by atoms with Crippen molar-refractivity contribution < 1.29 is 0 Å². The van der Waals surface area contributed by atoms with Gasteiger partial charge >= 0.3 is 0 Å². The Morgan fingerprint density at radius 2 is 0.725 bits per heavy atom. The highest BCUT2D eigenvalue weighted by Crippen LogP contribution is 2.63. The summed E-state index contributed by atoms with van der Waals surface area (Å²) in [5.41, 5.74) is 19.3. The summed E-state index contributed by atoms with van der Waals surface area (Å²) in [6, 6.07) is 95.0. The van der Waals surface area contributed by atoms with Crippen molar-refractivity contribution in [2.45, 2.75) is 5.41 Å². The van der Waals surface area contributed by atoms with Crippen LogP contribution in [-0.4, -0.2) is 4.57 Å². The van der Waals surface area contributed by atoms with Crippen LogP contribution in [0.25, 0.3) is 93.2 Å². The lowest BCUT2D eigenvalue weighted by Crippen LogP contribution is -2.25. The summed E-state index contributed by atoms with van der Waals surface area (Å²) >= 11 is 0. The van der Waals surface area contributed by atoms with Crippen LogP contribution in [0.2, 0.25) is 0 Å². The summed E-state index contributed by atoms with van der Waals surface area (Å²) in [7, 11) is 0. The van der Waals surface area contributed by atoms with Crippen molar-refractivity contribution in [2.24, 2.45) is 0 Å². The molecule has 0 radical (unpaired) electrons. The van der Waals surface area contributed by atoms with Crippen LogP contribution in [0.1, 0.15) is 22.3 Å². The van der Waals surface area contributed by atoms with Crippen LogP contribution in [0.4, 0.5) is 17.1 Å². The summed E-state index contributed by atoms with van der Waals surface area (Å²) in [5, 5.41) is 10.0. The van der Waals surface area contributed by atoms with Gasteiger partial charge in [0.2, 0.25) is 0 Å². The molecular formula is C67H42N2. The molecule has 0 saturated heterocycles. The smallest absolute Gasteiger partial charge is 0.0725 e. The highest BCUT2D eigenvalue weighted by atomic mass is 15.1. The Morgan fingerprint density at radius 1 is 0.275 bits per heavy atom. The number of benzene rings is 12. The van der Waals surface area contributed by atoms with E-state index in [1.165, 1.54) is 98.6 Å². The quantitative estimate of drug-likeness (QED) is 0.156. The molecule has 2 heteroatoms. The Hall–Kier alpha value is -8.98. The number of aromatic nitrogens is 1. The highest BCUT2D eigenvalue weighted by Gasteiger charge is 2.51. The molecule has 0 N–H and O–H groups in total. The molecule has 2 aliphatic rings. The molecular weight excluding hydrogens is 833 g/mol. The first-order chi connectivity index (χ1) is 34.3. The van der Waals surface area contributed by atoms with E-state index >= 15 is 0 Å². The molecule has 0 fully saturated rings. The second-order valence-electron chi connectivity index (χ2n) is 18.7. The van der Waals surface area contributed by atoms with Gasteiger partial charge in [-0.1, -0.05) is 200 Å². The molecule has 1 spiro atoms. The summed E-state index contributed by atoms with van der Waals surface area (Å²) in [6.45, 7) is 0. The molecule has 1 aromatic heterocycles. The standard InChI is InChI=1S/C67H42N2/c1-2-18-44(19-3-1)69-65-33-17-12-28-56(65)57-37-34-43(40-66(57)69)47-20-11-16-32-64(47)68(45-35-38-52-50-23-5-4-21-48(50)49-22-6-7-24-51(49)58(52)41-45)46-36-39-63-59(42-46)55-27-10-15-31-62(55)67(63)60-29-13-8-25-53(60)54-26-9-14-30-61(54)67/h1-42H. The molecule has 0 saturated carbocycles. The van der Waals surface area contributed by atoms with Gasteiger partial charge in [-0.25, -0.2) is 0 Å². The summed E-state index contributed by atoms with van der Waals surface area (Å²) < 4.78 is 2.42. The van der Waals surface area contributed by atoms with Gasteiger partial charge < -0.3 is 9.47 Å². The third-order valence-corrected chi connectivity index (χ3v) is 15.4. The lowest BCUT2D eigenvalue weighted by Gasteiger charge is -2.31. The third-order valence-electron chi connectivity index (χ3n) is 15.4. The van der Waals surface area contributed by atoms with Crippen LogP contribution < -0.4 is 4.90 Å². The molecule has 0 aliphatic heterocycles. The van der Waals surface area contributed by atoms with Crippen LogP contribution in [0.3, 0.4) is 0 Å². The molecule has 1 heterocycles. The second kappa shape index (κ2) is 14.5. The number of fused-ring (bicyclic) bond motifs is 19. The highest BCUT2D eigenvalue weighted by molar-refractivity contribution is 6.26. The molecule has 0 unspecified atom stereocenters. The van der Waals surface area contributed by atoms with Gasteiger partial charge in [-0.2, -0.15) is 0 Å². The van der Waals surface area contributed by atoms with Gasteiger partial charge in [-0.3, -0.25) is 0 Å². The molecule has 2 aliphatic carbocycles. The predicted octanol–water partition coefficient (Wildman–Crippen LogP) is 17.7. The number of hydrogen-bond donors (Lipinski definition) is 0. The fourth-order valence-electron chi connectivity index (χ4n) is 12.6. The molecule has 0 atom stereocenters. The zero-order valence-electron chi connectivity index (χ0n) is 37.6. The van der Waals surface area contributed by atoms with E-state index in [2.05, 4.69) is 264 Å². The molecule has 320 valence electrons. The number of rotatable bonds is 5. The van der Waals surface area contributed by atoms with E-state index in [9.17, 15) is 0 Å².